The van der Waals surface area contributed by atoms with Crippen molar-refractivity contribution in [3.63, 3.8) is 0 Å². The van der Waals surface area contributed by atoms with E-state index in [0.717, 1.165) is 5.56 Å². The van der Waals surface area contributed by atoms with Gasteiger partial charge in [0, 0.05) is 35.6 Å². The number of amides is 1. The van der Waals surface area contributed by atoms with Crippen LogP contribution in [0.3, 0.4) is 0 Å². The summed E-state index contributed by atoms with van der Waals surface area (Å²) in [5, 5.41) is 10.5. The standard InChI is InChI=1S/C17H26Cl2N4O.HI/c1-11(13-7-6-12(18)10-14(13)19)23-16(20-5)22-9-8-21-15(24)17(2,3)4;/h6-7,10-11H,8-9H2,1-5H3,(H,21,24)(H2,20,22,23);1H. The zero-order valence-electron chi connectivity index (χ0n) is 15.2. The van der Waals surface area contributed by atoms with Gasteiger partial charge >= 0.3 is 0 Å². The van der Waals surface area contributed by atoms with Gasteiger partial charge in [0.05, 0.1) is 6.04 Å². The molecule has 0 spiro atoms. The van der Waals surface area contributed by atoms with E-state index in [1.165, 1.54) is 0 Å². The average molecular weight is 501 g/mol. The van der Waals surface area contributed by atoms with E-state index >= 15 is 0 Å². The van der Waals surface area contributed by atoms with Gasteiger partial charge in [0.15, 0.2) is 5.96 Å². The molecule has 8 heteroatoms. The first kappa shape index (κ1) is 24.3. The first-order valence-corrected chi connectivity index (χ1v) is 8.61. The van der Waals surface area contributed by atoms with Crippen LogP contribution in [-0.2, 0) is 4.79 Å². The van der Waals surface area contributed by atoms with Crippen LogP contribution in [0, 0.1) is 5.41 Å². The van der Waals surface area contributed by atoms with Gasteiger partial charge in [0.1, 0.15) is 0 Å². The molecule has 142 valence electrons. The molecule has 1 amide bonds. The van der Waals surface area contributed by atoms with Gasteiger partial charge in [-0.25, -0.2) is 0 Å². The summed E-state index contributed by atoms with van der Waals surface area (Å²) in [7, 11) is 1.69. The van der Waals surface area contributed by atoms with E-state index in [0.29, 0.717) is 29.1 Å². The van der Waals surface area contributed by atoms with Gasteiger partial charge in [-0.05, 0) is 24.6 Å². The highest BCUT2D eigenvalue weighted by atomic mass is 127. The second-order valence-corrected chi connectivity index (χ2v) is 7.38. The Kier molecular flexibility index (Phi) is 10.8. The molecule has 0 saturated carbocycles. The summed E-state index contributed by atoms with van der Waals surface area (Å²) < 4.78 is 0. The predicted molar refractivity (Wildman–Crippen MR) is 117 cm³/mol. The molecule has 3 N–H and O–H groups in total. The molecule has 5 nitrogen and oxygen atoms in total. The summed E-state index contributed by atoms with van der Waals surface area (Å²) in [6.45, 7) is 8.73. The second kappa shape index (κ2) is 11.1. The van der Waals surface area contributed by atoms with Crippen molar-refractivity contribution in [2.45, 2.75) is 33.7 Å². The van der Waals surface area contributed by atoms with E-state index in [4.69, 9.17) is 23.2 Å². The summed E-state index contributed by atoms with van der Waals surface area (Å²) in [6.07, 6.45) is 0. The van der Waals surface area contributed by atoms with Crippen molar-refractivity contribution in [3.05, 3.63) is 33.8 Å². The minimum absolute atomic E-state index is 0. The molecule has 1 aromatic rings. The minimum Gasteiger partial charge on any atom is -0.355 e. The number of guanidine groups is 1. The highest BCUT2D eigenvalue weighted by Crippen LogP contribution is 2.25. The Morgan fingerprint density at radius 3 is 2.32 bits per heavy atom. The van der Waals surface area contributed by atoms with Crippen molar-refractivity contribution in [1.82, 2.24) is 16.0 Å². The Morgan fingerprint density at radius 1 is 1.20 bits per heavy atom. The number of aliphatic imine (C=N–C) groups is 1. The van der Waals surface area contributed by atoms with Gasteiger partial charge in [-0.3, -0.25) is 9.79 Å². The summed E-state index contributed by atoms with van der Waals surface area (Å²) >= 11 is 12.1. The molecule has 0 aromatic heterocycles. The SMILES string of the molecule is CN=C(NCCNC(=O)C(C)(C)C)NC(C)c1ccc(Cl)cc1Cl.I. The van der Waals surface area contributed by atoms with Crippen LogP contribution < -0.4 is 16.0 Å². The highest BCUT2D eigenvalue weighted by Gasteiger charge is 2.20. The summed E-state index contributed by atoms with van der Waals surface area (Å²) in [5.41, 5.74) is 0.546. The lowest BCUT2D eigenvalue weighted by molar-refractivity contribution is -0.128. The van der Waals surface area contributed by atoms with Crippen LogP contribution in [0.2, 0.25) is 10.0 Å². The van der Waals surface area contributed by atoms with Gasteiger partial charge < -0.3 is 16.0 Å². The molecule has 1 rings (SSSR count). The lowest BCUT2D eigenvalue weighted by Gasteiger charge is -2.20. The molecule has 1 atom stereocenters. The number of nitrogens with zero attached hydrogens (tertiary/aromatic N) is 1. The fourth-order valence-corrected chi connectivity index (χ4v) is 2.52. The van der Waals surface area contributed by atoms with Gasteiger partial charge in [-0.15, -0.1) is 24.0 Å². The van der Waals surface area contributed by atoms with Crippen LogP contribution in [0.25, 0.3) is 0 Å². The van der Waals surface area contributed by atoms with Gasteiger partial charge in [-0.2, -0.15) is 0 Å². The molecule has 0 fully saturated rings. The van der Waals surface area contributed by atoms with E-state index in [1.807, 2.05) is 33.8 Å². The number of hydrogen-bond acceptors (Lipinski definition) is 2. The van der Waals surface area contributed by atoms with Gasteiger partial charge in [-0.1, -0.05) is 50.0 Å². The Labute approximate surface area is 177 Å². The van der Waals surface area contributed by atoms with E-state index in [9.17, 15) is 4.79 Å². The van der Waals surface area contributed by atoms with Crippen molar-refractivity contribution in [2.75, 3.05) is 20.1 Å². The molecule has 1 aromatic carbocycles. The van der Waals surface area contributed by atoms with Crippen molar-refractivity contribution in [2.24, 2.45) is 10.4 Å². The summed E-state index contributed by atoms with van der Waals surface area (Å²) in [5.74, 6) is 0.659. The Bertz CT molecular complexity index is 603. The van der Waals surface area contributed by atoms with Crippen LogP contribution in [0.5, 0.6) is 0 Å². The van der Waals surface area contributed by atoms with Crippen LogP contribution in [0.1, 0.15) is 39.3 Å². The van der Waals surface area contributed by atoms with Crippen LogP contribution in [-0.4, -0.2) is 32.0 Å². The van der Waals surface area contributed by atoms with Gasteiger partial charge in [0.25, 0.3) is 0 Å². The number of carbonyl (C=O) groups excluding carboxylic acids is 1. The quantitative estimate of drug-likeness (QED) is 0.248. The average Bonchev–Trinajstić information content (AvgIpc) is 2.48. The molecule has 0 heterocycles. The molecule has 0 saturated heterocycles. The molecule has 0 aliphatic carbocycles. The molecule has 0 aliphatic heterocycles. The number of benzene rings is 1. The van der Waals surface area contributed by atoms with Crippen LogP contribution in [0.15, 0.2) is 23.2 Å². The Balaban J connectivity index is 0.00000576. The normalized spacial score (nSPS) is 12.8. The predicted octanol–water partition coefficient (Wildman–Crippen LogP) is 4.00. The molecule has 0 bridgehead atoms. The number of nitrogens with one attached hydrogen (secondary N) is 3. The topological polar surface area (TPSA) is 65.5 Å². The number of hydrogen-bond donors (Lipinski definition) is 3. The molecule has 1 unspecified atom stereocenters. The zero-order valence-corrected chi connectivity index (χ0v) is 19.1. The minimum atomic E-state index is -0.389. The molecule has 0 aliphatic rings. The zero-order chi connectivity index (χ0) is 18.3. The fourth-order valence-electron chi connectivity index (χ4n) is 1.95. The molecule has 25 heavy (non-hydrogen) atoms. The number of rotatable bonds is 5. The van der Waals surface area contributed by atoms with E-state index in [1.54, 1.807) is 19.2 Å². The number of halogens is 3. The van der Waals surface area contributed by atoms with E-state index in [2.05, 4.69) is 20.9 Å². The van der Waals surface area contributed by atoms with Crippen LogP contribution >= 0.6 is 47.2 Å². The summed E-state index contributed by atoms with van der Waals surface area (Å²) in [4.78, 5) is 16.0. The maximum Gasteiger partial charge on any atom is 0.225 e. The number of carbonyl (C=O) groups is 1. The molecular formula is C17H27Cl2IN4O. The van der Waals surface area contributed by atoms with E-state index < -0.39 is 0 Å². The maximum absolute atomic E-state index is 11.8. The summed E-state index contributed by atoms with van der Waals surface area (Å²) in [6, 6.07) is 5.37. The van der Waals surface area contributed by atoms with Crippen molar-refractivity contribution < 1.29 is 4.79 Å². The fraction of sp³-hybridized carbons (Fsp3) is 0.529. The highest BCUT2D eigenvalue weighted by molar-refractivity contribution is 14.0. The first-order valence-electron chi connectivity index (χ1n) is 7.85. The third-order valence-corrected chi connectivity index (χ3v) is 3.95. The maximum atomic E-state index is 11.8. The third kappa shape index (κ3) is 8.46. The first-order chi connectivity index (χ1) is 11.1. The Morgan fingerprint density at radius 2 is 1.80 bits per heavy atom. The second-order valence-electron chi connectivity index (χ2n) is 6.54. The van der Waals surface area contributed by atoms with E-state index in [-0.39, 0.29) is 41.3 Å². The van der Waals surface area contributed by atoms with Crippen molar-refractivity contribution >= 4 is 59.0 Å². The molecular weight excluding hydrogens is 474 g/mol. The largest absolute Gasteiger partial charge is 0.355 e. The van der Waals surface area contributed by atoms with Crippen LogP contribution in [0.4, 0.5) is 0 Å². The third-order valence-electron chi connectivity index (χ3n) is 3.39. The Hall–Kier alpha value is -0.730. The van der Waals surface area contributed by atoms with Crippen molar-refractivity contribution in [1.29, 1.82) is 0 Å². The lowest BCUT2D eigenvalue weighted by Crippen LogP contribution is -2.44. The van der Waals surface area contributed by atoms with Crippen molar-refractivity contribution in [3.8, 4) is 0 Å². The molecule has 0 radical (unpaired) electrons. The monoisotopic (exact) mass is 500 g/mol. The smallest absolute Gasteiger partial charge is 0.225 e. The lowest BCUT2D eigenvalue weighted by atomic mass is 9.96. The van der Waals surface area contributed by atoms with Gasteiger partial charge in [0.2, 0.25) is 5.91 Å².